The van der Waals surface area contributed by atoms with E-state index in [1.54, 1.807) is 10.9 Å². The number of rotatable bonds is 5. The van der Waals surface area contributed by atoms with Crippen molar-refractivity contribution >= 4 is 23.4 Å². The summed E-state index contributed by atoms with van der Waals surface area (Å²) in [5.41, 5.74) is 3.55. The van der Waals surface area contributed by atoms with Crippen molar-refractivity contribution in [3.63, 3.8) is 0 Å². The third-order valence-electron chi connectivity index (χ3n) is 4.47. The molecule has 0 radical (unpaired) electrons. The zero-order valence-electron chi connectivity index (χ0n) is 19.2. The van der Waals surface area contributed by atoms with Gasteiger partial charge in [-0.15, -0.1) is 0 Å². The van der Waals surface area contributed by atoms with Crippen molar-refractivity contribution in [1.82, 2.24) is 34.5 Å². The Hall–Kier alpha value is -4.49. The molecule has 0 aliphatic heterocycles. The van der Waals surface area contributed by atoms with E-state index in [2.05, 4.69) is 35.8 Å². The van der Waals surface area contributed by atoms with E-state index in [0.29, 0.717) is 5.95 Å². The third kappa shape index (κ3) is 6.52. The lowest BCUT2D eigenvalue weighted by atomic mass is 10.2. The average Bonchev–Trinajstić information content (AvgIpc) is 3.38. The summed E-state index contributed by atoms with van der Waals surface area (Å²) in [5, 5.41) is 22.1. The smallest absolute Gasteiger partial charge is 0.475 e. The molecular formula is C21H22F3N9O2. The summed E-state index contributed by atoms with van der Waals surface area (Å²) in [7, 11) is 3.71. The highest BCUT2D eigenvalue weighted by molar-refractivity contribution is 5.73. The van der Waals surface area contributed by atoms with Gasteiger partial charge in [0.1, 0.15) is 17.5 Å². The number of aryl methyl sites for hydroxylation is 3. The number of halogens is 3. The highest BCUT2D eigenvalue weighted by Crippen LogP contribution is 2.23. The lowest BCUT2D eigenvalue weighted by Crippen LogP contribution is -2.21. The van der Waals surface area contributed by atoms with Crippen molar-refractivity contribution < 1.29 is 23.1 Å². The molecule has 1 aromatic carbocycles. The van der Waals surface area contributed by atoms with Gasteiger partial charge in [-0.1, -0.05) is 0 Å². The van der Waals surface area contributed by atoms with Crippen molar-refractivity contribution in [2.24, 2.45) is 7.05 Å². The van der Waals surface area contributed by atoms with Crippen molar-refractivity contribution in [1.29, 1.82) is 0 Å². The van der Waals surface area contributed by atoms with Gasteiger partial charge in [-0.25, -0.2) is 19.4 Å². The maximum atomic E-state index is 10.6. The number of aromatic nitrogens is 7. The van der Waals surface area contributed by atoms with E-state index in [0.717, 1.165) is 40.1 Å². The highest BCUT2D eigenvalue weighted by atomic mass is 19.4. The van der Waals surface area contributed by atoms with Crippen molar-refractivity contribution in [3.05, 3.63) is 54.4 Å². The largest absolute Gasteiger partial charge is 0.490 e. The summed E-state index contributed by atoms with van der Waals surface area (Å²) >= 11 is 0. The molecule has 0 saturated heterocycles. The van der Waals surface area contributed by atoms with Crippen LogP contribution >= 0.6 is 0 Å². The Kier molecular flexibility index (Phi) is 7.32. The molecule has 0 amide bonds. The van der Waals surface area contributed by atoms with Crippen LogP contribution in [0.15, 0.2) is 42.7 Å². The number of anilines is 3. The van der Waals surface area contributed by atoms with Gasteiger partial charge in [0.25, 0.3) is 0 Å². The molecular weight excluding hydrogens is 467 g/mol. The fourth-order valence-corrected chi connectivity index (χ4v) is 2.91. The second-order valence-corrected chi connectivity index (χ2v) is 7.21. The highest BCUT2D eigenvalue weighted by Gasteiger charge is 2.38. The Morgan fingerprint density at radius 2 is 1.74 bits per heavy atom. The first-order valence-electron chi connectivity index (χ1n) is 10.1. The zero-order valence-corrected chi connectivity index (χ0v) is 19.2. The van der Waals surface area contributed by atoms with Crippen LogP contribution in [0, 0.1) is 13.8 Å². The van der Waals surface area contributed by atoms with Crippen LogP contribution < -0.4 is 10.6 Å². The first-order valence-corrected chi connectivity index (χ1v) is 10.1. The Morgan fingerprint density at radius 3 is 2.23 bits per heavy atom. The molecule has 11 nitrogen and oxygen atoms in total. The molecule has 4 rings (SSSR count). The van der Waals surface area contributed by atoms with Crippen LogP contribution in [0.4, 0.5) is 30.6 Å². The monoisotopic (exact) mass is 489 g/mol. The summed E-state index contributed by atoms with van der Waals surface area (Å²) in [5.74, 6) is 0.0738. The van der Waals surface area contributed by atoms with Gasteiger partial charge in [0.2, 0.25) is 5.95 Å². The maximum absolute atomic E-state index is 10.6. The molecule has 4 aromatic rings. The predicted molar refractivity (Wildman–Crippen MR) is 122 cm³/mol. The number of nitrogens with zero attached hydrogens (tertiary/aromatic N) is 7. The molecule has 0 spiro atoms. The fraction of sp³-hybridized carbons (Fsp3) is 0.238. The zero-order chi connectivity index (χ0) is 25.8. The van der Waals surface area contributed by atoms with Gasteiger partial charge in [-0.05, 0) is 38.1 Å². The predicted octanol–water partition coefficient (Wildman–Crippen LogP) is 3.49. The number of nitrogens with one attached hydrogen (secondary N) is 2. The van der Waals surface area contributed by atoms with Crippen LogP contribution in [0.2, 0.25) is 0 Å². The van der Waals surface area contributed by atoms with E-state index in [1.165, 1.54) is 0 Å². The molecule has 0 unspecified atom stereocenters. The van der Waals surface area contributed by atoms with E-state index in [1.807, 2.05) is 69.2 Å². The number of carboxylic acid groups (broad SMARTS) is 1. The number of benzene rings is 1. The van der Waals surface area contributed by atoms with Crippen molar-refractivity contribution in [3.8, 4) is 16.9 Å². The average molecular weight is 489 g/mol. The van der Waals surface area contributed by atoms with Gasteiger partial charge >= 0.3 is 12.1 Å². The molecule has 14 heteroatoms. The molecule has 0 bridgehead atoms. The molecule has 0 aliphatic rings. The van der Waals surface area contributed by atoms with Crippen LogP contribution in [-0.4, -0.2) is 58.8 Å². The van der Waals surface area contributed by atoms with Crippen LogP contribution in [0.25, 0.3) is 16.9 Å². The van der Waals surface area contributed by atoms with Crippen LogP contribution in [-0.2, 0) is 11.8 Å². The summed E-state index contributed by atoms with van der Waals surface area (Å²) < 4.78 is 35.3. The summed E-state index contributed by atoms with van der Waals surface area (Å²) in [6.07, 6.45) is -1.38. The Bertz CT molecular complexity index is 1310. The Labute approximate surface area is 197 Å². The minimum absolute atomic E-state index is 0.506. The van der Waals surface area contributed by atoms with E-state index in [9.17, 15) is 13.2 Å². The van der Waals surface area contributed by atoms with Gasteiger partial charge < -0.3 is 15.7 Å². The second kappa shape index (κ2) is 10.2. The van der Waals surface area contributed by atoms with Gasteiger partial charge in [-0.3, -0.25) is 4.68 Å². The number of aliphatic carboxylic acids is 1. The number of carbonyl (C=O) groups is 1. The van der Waals surface area contributed by atoms with Gasteiger partial charge in [0, 0.05) is 37.6 Å². The quantitative estimate of drug-likeness (QED) is 0.385. The SMILES string of the molecule is CNc1cc(-c2cnn(C)c2)nc(Nc2ccc(-n3nc(C)nc3C)cc2)n1.O=C(O)C(F)(F)F. The molecule has 0 atom stereocenters. The molecule has 35 heavy (non-hydrogen) atoms. The number of hydrogen-bond donors (Lipinski definition) is 3. The lowest BCUT2D eigenvalue weighted by molar-refractivity contribution is -0.192. The van der Waals surface area contributed by atoms with Crippen molar-refractivity contribution in [2.45, 2.75) is 20.0 Å². The van der Waals surface area contributed by atoms with Crippen molar-refractivity contribution in [2.75, 3.05) is 17.7 Å². The number of carboxylic acids is 1. The molecule has 0 fully saturated rings. The standard InChI is InChI=1S/C19H21N9.C2HF3O2/c1-12-22-13(2)28(26-12)16-7-5-15(6-8-16)23-19-24-17(9-18(20-3)25-19)14-10-21-27(4)11-14;3-2(4,5)1(6)7/h5-11H,1-4H3,(H2,20,23,24,25);(H,6,7). The lowest BCUT2D eigenvalue weighted by Gasteiger charge is -2.10. The number of alkyl halides is 3. The molecule has 0 aliphatic carbocycles. The first kappa shape index (κ1) is 25.1. The summed E-state index contributed by atoms with van der Waals surface area (Å²) in [6.45, 7) is 3.81. The summed E-state index contributed by atoms with van der Waals surface area (Å²) in [4.78, 5) is 22.3. The fourth-order valence-electron chi connectivity index (χ4n) is 2.91. The second-order valence-electron chi connectivity index (χ2n) is 7.21. The van der Waals surface area contributed by atoms with Gasteiger partial charge in [-0.2, -0.15) is 28.4 Å². The maximum Gasteiger partial charge on any atom is 0.490 e. The molecule has 3 N–H and O–H groups in total. The molecule has 3 heterocycles. The minimum atomic E-state index is -5.08. The Balaban J connectivity index is 0.000000429. The third-order valence-corrected chi connectivity index (χ3v) is 4.47. The molecule has 184 valence electrons. The first-order chi connectivity index (χ1) is 16.5. The Morgan fingerprint density at radius 1 is 1.09 bits per heavy atom. The van der Waals surface area contributed by atoms with E-state index in [-0.39, 0.29) is 0 Å². The topological polar surface area (TPSA) is 136 Å². The molecule has 3 aromatic heterocycles. The van der Waals surface area contributed by atoms with Gasteiger partial charge in [0.15, 0.2) is 0 Å². The minimum Gasteiger partial charge on any atom is -0.475 e. The normalized spacial score (nSPS) is 10.9. The van der Waals surface area contributed by atoms with E-state index in [4.69, 9.17) is 9.90 Å². The van der Waals surface area contributed by atoms with Crippen LogP contribution in [0.3, 0.4) is 0 Å². The van der Waals surface area contributed by atoms with E-state index < -0.39 is 12.1 Å². The van der Waals surface area contributed by atoms with Crippen LogP contribution in [0.1, 0.15) is 11.6 Å². The van der Waals surface area contributed by atoms with E-state index >= 15 is 0 Å². The van der Waals surface area contributed by atoms with Gasteiger partial charge in [0.05, 0.1) is 17.6 Å². The van der Waals surface area contributed by atoms with Crippen LogP contribution in [0.5, 0.6) is 0 Å². The molecule has 0 saturated carbocycles. The summed E-state index contributed by atoms with van der Waals surface area (Å²) in [6, 6.07) is 9.78. The number of hydrogen-bond acceptors (Lipinski definition) is 8.